The molecule has 1 saturated heterocycles. The van der Waals surface area contributed by atoms with Crippen molar-refractivity contribution in [2.24, 2.45) is 17.8 Å². The van der Waals surface area contributed by atoms with Crippen LogP contribution in [-0.4, -0.2) is 40.1 Å². The van der Waals surface area contributed by atoms with E-state index in [-0.39, 0.29) is 42.4 Å². The molecule has 3 aliphatic rings. The van der Waals surface area contributed by atoms with Gasteiger partial charge >= 0.3 is 6.18 Å². The number of carbonyl (C=O) groups excluding carboxylic acids is 1. The molecule has 1 heterocycles. The third-order valence-electron chi connectivity index (χ3n) is 8.94. The number of hydrogen-bond donors (Lipinski definition) is 2. The van der Waals surface area contributed by atoms with Gasteiger partial charge < -0.3 is 10.6 Å². The van der Waals surface area contributed by atoms with Crippen molar-refractivity contribution in [1.82, 2.24) is 10.6 Å². The fraction of sp³-hybridized carbons (Fsp3) is 0.536. The van der Waals surface area contributed by atoms with Crippen LogP contribution in [0.2, 0.25) is 0 Å². The maximum absolute atomic E-state index is 14.8. The van der Waals surface area contributed by atoms with Crippen molar-refractivity contribution in [2.75, 3.05) is 19.6 Å². The number of alkyl halides is 4. The predicted molar refractivity (Wildman–Crippen MR) is 135 cm³/mol. The normalized spacial score (nSPS) is 28.4. The van der Waals surface area contributed by atoms with Gasteiger partial charge in [-0.2, -0.15) is 13.2 Å². The van der Waals surface area contributed by atoms with Crippen molar-refractivity contribution in [3.63, 3.8) is 0 Å². The summed E-state index contributed by atoms with van der Waals surface area (Å²) in [6.07, 6.45) is -3.45. The SMILES string of the molecule is CC(F)(c1ccc2c(c1)CC[C@H]1[C@H](C(=O)NCC3CCNC3)CC[C@@]21S(=O)(=O)c1ccc(F)cc1)C(F)(F)F. The Morgan fingerprint density at radius 3 is 2.44 bits per heavy atom. The van der Waals surface area contributed by atoms with Crippen molar-refractivity contribution in [2.45, 2.75) is 60.5 Å². The highest BCUT2D eigenvalue weighted by Crippen LogP contribution is 2.59. The maximum Gasteiger partial charge on any atom is 0.426 e. The van der Waals surface area contributed by atoms with E-state index in [1.54, 1.807) is 0 Å². The molecule has 1 aliphatic heterocycles. The maximum atomic E-state index is 14.8. The summed E-state index contributed by atoms with van der Waals surface area (Å²) in [7, 11) is -4.24. The van der Waals surface area contributed by atoms with Gasteiger partial charge in [0.25, 0.3) is 0 Å². The molecule has 2 unspecified atom stereocenters. The molecule has 0 aromatic heterocycles. The Hall–Kier alpha value is -2.53. The van der Waals surface area contributed by atoms with Crippen LogP contribution in [0.3, 0.4) is 0 Å². The van der Waals surface area contributed by atoms with Crippen LogP contribution < -0.4 is 10.6 Å². The zero-order valence-corrected chi connectivity index (χ0v) is 22.3. The summed E-state index contributed by atoms with van der Waals surface area (Å²) in [5, 5.41) is 6.23. The summed E-state index contributed by atoms with van der Waals surface area (Å²) in [5.74, 6) is -1.83. The number of benzene rings is 2. The quantitative estimate of drug-likeness (QED) is 0.381. The number of amides is 1. The molecule has 212 valence electrons. The first kappa shape index (κ1) is 28.0. The summed E-state index contributed by atoms with van der Waals surface area (Å²) >= 11 is 0. The summed E-state index contributed by atoms with van der Waals surface area (Å²) in [6.45, 7) is 2.58. The molecule has 2 aliphatic carbocycles. The van der Waals surface area contributed by atoms with Crippen LogP contribution in [0.15, 0.2) is 47.4 Å². The molecule has 2 fully saturated rings. The molecule has 5 atom stereocenters. The monoisotopic (exact) mass is 570 g/mol. The van der Waals surface area contributed by atoms with E-state index in [4.69, 9.17) is 0 Å². The highest BCUT2D eigenvalue weighted by atomic mass is 32.2. The molecule has 5 rings (SSSR count). The average Bonchev–Trinajstić information content (AvgIpc) is 3.55. The van der Waals surface area contributed by atoms with Crippen LogP contribution in [0, 0.1) is 23.6 Å². The van der Waals surface area contributed by atoms with Crippen LogP contribution in [0.5, 0.6) is 0 Å². The Kier molecular flexibility index (Phi) is 7.06. The lowest BCUT2D eigenvalue weighted by Gasteiger charge is -2.42. The topological polar surface area (TPSA) is 75.3 Å². The second kappa shape index (κ2) is 9.83. The molecule has 0 radical (unpaired) electrons. The summed E-state index contributed by atoms with van der Waals surface area (Å²) in [5.41, 5.74) is -3.60. The van der Waals surface area contributed by atoms with Gasteiger partial charge in [-0.15, -0.1) is 0 Å². The van der Waals surface area contributed by atoms with Gasteiger partial charge in [-0.1, -0.05) is 18.2 Å². The van der Waals surface area contributed by atoms with Gasteiger partial charge in [0, 0.05) is 12.5 Å². The number of aryl methyl sites for hydroxylation is 1. The first-order valence-electron chi connectivity index (χ1n) is 13.2. The Balaban J connectivity index is 1.58. The number of carbonyl (C=O) groups is 1. The van der Waals surface area contributed by atoms with Gasteiger partial charge in [0.15, 0.2) is 9.84 Å². The van der Waals surface area contributed by atoms with Gasteiger partial charge in [0.2, 0.25) is 11.6 Å². The molecule has 0 spiro atoms. The largest absolute Gasteiger partial charge is 0.426 e. The van der Waals surface area contributed by atoms with Crippen molar-refractivity contribution >= 4 is 15.7 Å². The van der Waals surface area contributed by atoms with Gasteiger partial charge in [0.1, 0.15) is 10.6 Å². The standard InChI is InChI=1S/C28H31F5N2O3S/c1-26(30,28(31,32)33)19-3-9-23-18(14-19)2-8-24-22(25(36)35-16-17-11-13-34-15-17)10-12-27(23,24)39(37,38)21-6-4-20(29)5-7-21/h3-7,9,14,17,22,24,34H,2,8,10-13,15-16H2,1H3,(H,35,36)/t17?,22-,24+,26?,27-/m1/s1. The summed E-state index contributed by atoms with van der Waals surface area (Å²) in [6, 6.07) is 7.81. The van der Waals surface area contributed by atoms with Crippen LogP contribution >= 0.6 is 0 Å². The van der Waals surface area contributed by atoms with Crippen molar-refractivity contribution < 1.29 is 35.2 Å². The Morgan fingerprint density at radius 1 is 1.08 bits per heavy atom. The molecule has 5 nitrogen and oxygen atoms in total. The third kappa shape index (κ3) is 4.55. The number of nitrogens with one attached hydrogen (secondary N) is 2. The van der Waals surface area contributed by atoms with E-state index in [0.717, 1.165) is 43.8 Å². The van der Waals surface area contributed by atoms with E-state index >= 15 is 0 Å². The molecule has 0 bridgehead atoms. The minimum absolute atomic E-state index is 0.0684. The lowest BCUT2D eigenvalue weighted by molar-refractivity contribution is -0.228. The molecular formula is C28H31F5N2O3S. The van der Waals surface area contributed by atoms with E-state index in [9.17, 15) is 35.2 Å². The van der Waals surface area contributed by atoms with E-state index in [1.165, 1.54) is 18.2 Å². The van der Waals surface area contributed by atoms with Crippen molar-refractivity contribution in [3.05, 3.63) is 65.0 Å². The number of halogens is 5. The van der Waals surface area contributed by atoms with Crippen LogP contribution in [0.25, 0.3) is 0 Å². The van der Waals surface area contributed by atoms with E-state index in [0.29, 0.717) is 24.6 Å². The van der Waals surface area contributed by atoms with Gasteiger partial charge in [0.05, 0.1) is 4.90 Å². The first-order valence-corrected chi connectivity index (χ1v) is 14.7. The molecular weight excluding hydrogens is 539 g/mol. The molecule has 11 heteroatoms. The molecule has 2 aromatic carbocycles. The Labute approximate surface area is 224 Å². The lowest BCUT2D eigenvalue weighted by Crippen LogP contribution is -2.47. The first-order chi connectivity index (χ1) is 18.3. The Bertz CT molecular complexity index is 1350. The number of rotatable bonds is 6. The molecule has 39 heavy (non-hydrogen) atoms. The fourth-order valence-electron chi connectivity index (χ4n) is 6.71. The number of sulfone groups is 1. The second-order valence-corrected chi connectivity index (χ2v) is 13.3. The fourth-order valence-corrected chi connectivity index (χ4v) is 9.18. The van der Waals surface area contributed by atoms with Crippen LogP contribution in [0.1, 0.15) is 49.3 Å². The third-order valence-corrected chi connectivity index (χ3v) is 11.5. The van der Waals surface area contributed by atoms with Gasteiger partial charge in [-0.05, 0) is 105 Å². The van der Waals surface area contributed by atoms with Crippen LogP contribution in [0.4, 0.5) is 22.0 Å². The van der Waals surface area contributed by atoms with E-state index in [1.807, 2.05) is 0 Å². The van der Waals surface area contributed by atoms with Crippen LogP contribution in [-0.2, 0) is 31.5 Å². The smallest absolute Gasteiger partial charge is 0.356 e. The van der Waals surface area contributed by atoms with E-state index < -0.39 is 49.6 Å². The summed E-state index contributed by atoms with van der Waals surface area (Å²) < 4.78 is 95.9. The highest BCUT2D eigenvalue weighted by Gasteiger charge is 2.62. The average molecular weight is 571 g/mol. The minimum Gasteiger partial charge on any atom is -0.356 e. The van der Waals surface area contributed by atoms with E-state index in [2.05, 4.69) is 10.6 Å². The highest BCUT2D eigenvalue weighted by molar-refractivity contribution is 7.92. The molecule has 2 aromatic rings. The lowest BCUT2D eigenvalue weighted by atomic mass is 9.72. The summed E-state index contributed by atoms with van der Waals surface area (Å²) in [4.78, 5) is 13.2. The molecule has 1 saturated carbocycles. The second-order valence-electron chi connectivity index (χ2n) is 11.1. The Morgan fingerprint density at radius 2 is 1.79 bits per heavy atom. The van der Waals surface area contributed by atoms with Crippen molar-refractivity contribution in [3.8, 4) is 0 Å². The van der Waals surface area contributed by atoms with Gasteiger partial charge in [-0.3, -0.25) is 4.79 Å². The number of fused-ring (bicyclic) bond motifs is 3. The minimum atomic E-state index is -5.15. The molecule has 2 N–H and O–H groups in total. The predicted octanol–water partition coefficient (Wildman–Crippen LogP) is 4.94. The van der Waals surface area contributed by atoms with Crippen molar-refractivity contribution in [1.29, 1.82) is 0 Å². The number of hydrogen-bond acceptors (Lipinski definition) is 4. The molecule has 1 amide bonds. The zero-order chi connectivity index (χ0) is 28.2. The zero-order valence-electron chi connectivity index (χ0n) is 21.5. The van der Waals surface area contributed by atoms with Gasteiger partial charge in [-0.25, -0.2) is 17.2 Å².